The quantitative estimate of drug-likeness (QED) is 0.696. The highest BCUT2D eigenvalue weighted by Crippen LogP contribution is 2.15. The first-order chi connectivity index (χ1) is 9.06. The summed E-state index contributed by atoms with van der Waals surface area (Å²) < 4.78 is 7.04. The van der Waals surface area contributed by atoms with Crippen molar-refractivity contribution in [1.29, 1.82) is 0 Å². The third kappa shape index (κ3) is 5.30. The molecule has 0 saturated heterocycles. The van der Waals surface area contributed by atoms with Crippen molar-refractivity contribution in [2.24, 2.45) is 5.92 Å². The highest BCUT2D eigenvalue weighted by Gasteiger charge is 2.09. The Labute approximate surface area is 120 Å². The van der Waals surface area contributed by atoms with Gasteiger partial charge in [0.15, 0.2) is 0 Å². The Morgan fingerprint density at radius 1 is 1.53 bits per heavy atom. The van der Waals surface area contributed by atoms with Crippen molar-refractivity contribution < 1.29 is 9.84 Å². The van der Waals surface area contributed by atoms with Gasteiger partial charge in [-0.1, -0.05) is 13.8 Å². The predicted octanol–water partition coefficient (Wildman–Crippen LogP) is 1.08. The first-order valence-electron chi connectivity index (χ1n) is 6.24. The number of rotatable bonds is 8. The summed E-state index contributed by atoms with van der Waals surface area (Å²) in [7, 11) is 0. The molecule has 6 nitrogen and oxygen atoms in total. The standard InChI is InChI=1S/C12H20BrN3O3/c1-9(2)8-16-12(18)11(13)10(7-15-16)14-3-5-19-6-4-17/h7,9,14,17H,3-6,8H2,1-2H3. The van der Waals surface area contributed by atoms with E-state index in [0.717, 1.165) is 0 Å². The van der Waals surface area contributed by atoms with Gasteiger partial charge in [0, 0.05) is 13.1 Å². The lowest BCUT2D eigenvalue weighted by Crippen LogP contribution is -2.26. The molecule has 19 heavy (non-hydrogen) atoms. The van der Waals surface area contributed by atoms with Gasteiger partial charge in [-0.05, 0) is 21.8 Å². The number of hydrogen-bond donors (Lipinski definition) is 2. The molecule has 0 aliphatic carbocycles. The molecule has 0 amide bonds. The van der Waals surface area contributed by atoms with Crippen LogP contribution in [0, 0.1) is 5.92 Å². The van der Waals surface area contributed by atoms with E-state index >= 15 is 0 Å². The second-order valence-corrected chi connectivity index (χ2v) is 5.31. The van der Waals surface area contributed by atoms with Crippen molar-refractivity contribution >= 4 is 21.6 Å². The van der Waals surface area contributed by atoms with Crippen LogP contribution in [-0.2, 0) is 11.3 Å². The van der Waals surface area contributed by atoms with Crippen LogP contribution in [0.5, 0.6) is 0 Å². The second kappa shape index (κ2) is 8.29. The highest BCUT2D eigenvalue weighted by molar-refractivity contribution is 9.10. The van der Waals surface area contributed by atoms with E-state index in [9.17, 15) is 4.79 Å². The van der Waals surface area contributed by atoms with Crippen molar-refractivity contribution in [2.75, 3.05) is 31.7 Å². The van der Waals surface area contributed by atoms with Gasteiger partial charge in [0.25, 0.3) is 5.56 Å². The van der Waals surface area contributed by atoms with E-state index in [1.807, 2.05) is 13.8 Å². The topological polar surface area (TPSA) is 76.4 Å². The lowest BCUT2D eigenvalue weighted by molar-refractivity contribution is 0.0992. The smallest absolute Gasteiger partial charge is 0.283 e. The van der Waals surface area contributed by atoms with Gasteiger partial charge in [0.1, 0.15) is 4.47 Å². The zero-order chi connectivity index (χ0) is 14.3. The SMILES string of the molecule is CC(C)Cn1ncc(NCCOCCO)c(Br)c1=O. The molecule has 0 aliphatic rings. The van der Waals surface area contributed by atoms with Gasteiger partial charge in [-0.2, -0.15) is 5.10 Å². The molecule has 0 bridgehead atoms. The fourth-order valence-corrected chi connectivity index (χ4v) is 1.94. The fourth-order valence-electron chi connectivity index (χ4n) is 1.49. The number of aliphatic hydroxyl groups excluding tert-OH is 1. The van der Waals surface area contributed by atoms with Crippen LogP contribution in [0.4, 0.5) is 5.69 Å². The second-order valence-electron chi connectivity index (χ2n) is 4.52. The lowest BCUT2D eigenvalue weighted by atomic mass is 10.2. The van der Waals surface area contributed by atoms with Crippen molar-refractivity contribution in [2.45, 2.75) is 20.4 Å². The minimum Gasteiger partial charge on any atom is -0.394 e. The molecule has 0 aromatic carbocycles. The molecule has 1 aromatic heterocycles. The van der Waals surface area contributed by atoms with E-state index in [4.69, 9.17) is 9.84 Å². The summed E-state index contributed by atoms with van der Waals surface area (Å²) in [6, 6.07) is 0. The van der Waals surface area contributed by atoms with Crippen molar-refractivity contribution in [3.63, 3.8) is 0 Å². The first-order valence-corrected chi connectivity index (χ1v) is 7.03. The molecule has 0 saturated carbocycles. The average molecular weight is 334 g/mol. The lowest BCUT2D eigenvalue weighted by Gasteiger charge is -2.11. The molecule has 0 atom stereocenters. The Hall–Kier alpha value is -0.920. The number of ether oxygens (including phenoxy) is 1. The molecule has 108 valence electrons. The van der Waals surface area contributed by atoms with E-state index in [1.165, 1.54) is 4.68 Å². The molecular formula is C12H20BrN3O3. The van der Waals surface area contributed by atoms with E-state index in [0.29, 0.717) is 42.4 Å². The van der Waals surface area contributed by atoms with Crippen molar-refractivity contribution in [3.8, 4) is 0 Å². The summed E-state index contributed by atoms with van der Waals surface area (Å²) in [6.45, 7) is 6.00. The van der Waals surface area contributed by atoms with Crippen LogP contribution in [0.25, 0.3) is 0 Å². The Bertz CT molecular complexity index is 448. The Kier molecular flexibility index (Phi) is 7.04. The van der Waals surface area contributed by atoms with Gasteiger partial charge in [-0.15, -0.1) is 0 Å². The van der Waals surface area contributed by atoms with Gasteiger partial charge in [-0.25, -0.2) is 4.68 Å². The van der Waals surface area contributed by atoms with E-state index in [1.54, 1.807) is 6.20 Å². The molecular weight excluding hydrogens is 314 g/mol. The molecule has 2 N–H and O–H groups in total. The number of halogens is 1. The van der Waals surface area contributed by atoms with E-state index in [2.05, 4.69) is 26.3 Å². The molecule has 0 fully saturated rings. The summed E-state index contributed by atoms with van der Waals surface area (Å²) in [5.74, 6) is 0.364. The normalized spacial score (nSPS) is 11.0. The summed E-state index contributed by atoms with van der Waals surface area (Å²) in [4.78, 5) is 12.0. The molecule has 1 rings (SSSR count). The Balaban J connectivity index is 2.61. The third-order valence-electron chi connectivity index (χ3n) is 2.32. The fraction of sp³-hybridized carbons (Fsp3) is 0.667. The minimum absolute atomic E-state index is 0.0104. The minimum atomic E-state index is -0.144. The summed E-state index contributed by atoms with van der Waals surface area (Å²) >= 11 is 3.29. The van der Waals surface area contributed by atoms with Crippen molar-refractivity contribution in [3.05, 3.63) is 21.0 Å². The van der Waals surface area contributed by atoms with Crippen LogP contribution in [0.15, 0.2) is 15.5 Å². The van der Waals surface area contributed by atoms with Crippen LogP contribution in [0.2, 0.25) is 0 Å². The molecule has 1 heterocycles. The van der Waals surface area contributed by atoms with E-state index in [-0.39, 0.29) is 12.2 Å². The van der Waals surface area contributed by atoms with Gasteiger partial charge in [-0.3, -0.25) is 4.79 Å². The predicted molar refractivity (Wildman–Crippen MR) is 77.4 cm³/mol. The number of aliphatic hydroxyl groups is 1. The zero-order valence-electron chi connectivity index (χ0n) is 11.2. The van der Waals surface area contributed by atoms with Crippen LogP contribution in [0.1, 0.15) is 13.8 Å². The van der Waals surface area contributed by atoms with Gasteiger partial charge >= 0.3 is 0 Å². The maximum Gasteiger partial charge on any atom is 0.283 e. The molecule has 7 heteroatoms. The summed E-state index contributed by atoms with van der Waals surface area (Å²) in [5.41, 5.74) is 0.507. The van der Waals surface area contributed by atoms with Gasteiger partial charge < -0.3 is 15.2 Å². The number of hydrogen-bond acceptors (Lipinski definition) is 5. The number of nitrogens with one attached hydrogen (secondary N) is 1. The van der Waals surface area contributed by atoms with Crippen LogP contribution >= 0.6 is 15.9 Å². The molecule has 0 spiro atoms. The molecule has 0 unspecified atom stereocenters. The Morgan fingerprint density at radius 2 is 2.26 bits per heavy atom. The summed E-state index contributed by atoms with van der Waals surface area (Å²) in [6.07, 6.45) is 1.62. The van der Waals surface area contributed by atoms with Crippen LogP contribution in [0.3, 0.4) is 0 Å². The third-order valence-corrected chi connectivity index (χ3v) is 3.09. The highest BCUT2D eigenvalue weighted by atomic mass is 79.9. The Morgan fingerprint density at radius 3 is 2.89 bits per heavy atom. The maximum atomic E-state index is 12.0. The maximum absolute atomic E-state index is 12.0. The largest absolute Gasteiger partial charge is 0.394 e. The molecule has 0 aliphatic heterocycles. The number of anilines is 1. The monoisotopic (exact) mass is 333 g/mol. The number of nitrogens with zero attached hydrogens (tertiary/aromatic N) is 2. The van der Waals surface area contributed by atoms with Crippen LogP contribution < -0.4 is 10.9 Å². The first kappa shape index (κ1) is 16.1. The van der Waals surface area contributed by atoms with E-state index < -0.39 is 0 Å². The summed E-state index contributed by atoms with van der Waals surface area (Å²) in [5, 5.41) is 15.7. The zero-order valence-corrected chi connectivity index (χ0v) is 12.8. The van der Waals surface area contributed by atoms with Gasteiger partial charge in [0.05, 0.1) is 31.7 Å². The number of aromatic nitrogens is 2. The van der Waals surface area contributed by atoms with Crippen molar-refractivity contribution in [1.82, 2.24) is 9.78 Å². The van der Waals surface area contributed by atoms with Gasteiger partial charge in [0.2, 0.25) is 0 Å². The average Bonchev–Trinajstić information content (AvgIpc) is 2.37. The molecule has 0 radical (unpaired) electrons. The van der Waals surface area contributed by atoms with Crippen LogP contribution in [-0.4, -0.2) is 41.3 Å². The molecule has 1 aromatic rings.